The van der Waals surface area contributed by atoms with Crippen molar-refractivity contribution in [2.45, 2.75) is 70.5 Å². The molecule has 1 aliphatic heterocycles. The predicted octanol–water partition coefficient (Wildman–Crippen LogP) is 5.74. The van der Waals surface area contributed by atoms with Crippen LogP contribution in [-0.4, -0.2) is 88.5 Å². The van der Waals surface area contributed by atoms with E-state index in [1.54, 1.807) is 0 Å². The summed E-state index contributed by atoms with van der Waals surface area (Å²) in [6, 6.07) is 18.3. The van der Waals surface area contributed by atoms with E-state index in [4.69, 9.17) is 0 Å². The fraction of sp³-hybridized carbons (Fsp3) is 0.585. The molecule has 6 aliphatic carbocycles. The quantitative estimate of drug-likeness (QED) is 0.266. The van der Waals surface area contributed by atoms with Gasteiger partial charge < -0.3 is 15.3 Å². The van der Waals surface area contributed by atoms with Gasteiger partial charge in [-0.1, -0.05) is 86.7 Å². The predicted molar refractivity (Wildman–Crippen MR) is 185 cm³/mol. The van der Waals surface area contributed by atoms with Crippen molar-refractivity contribution in [1.82, 2.24) is 9.80 Å². The summed E-state index contributed by atoms with van der Waals surface area (Å²) in [5, 5.41) is 33.3. The number of β-amino-alcohol motifs (C(OH)–C–C–N with tert-alkyl or cyclic N) is 2. The summed E-state index contributed by atoms with van der Waals surface area (Å²) >= 11 is 0. The molecule has 250 valence electrons. The Morgan fingerprint density at radius 2 is 1.49 bits per heavy atom. The van der Waals surface area contributed by atoms with E-state index in [9.17, 15) is 15.3 Å². The minimum absolute atomic E-state index is 0.0468. The normalized spacial score (nSPS) is 41.2. The van der Waals surface area contributed by atoms with Crippen LogP contribution in [-0.2, 0) is 0 Å². The summed E-state index contributed by atoms with van der Waals surface area (Å²) in [4.78, 5) is 20.0. The summed E-state index contributed by atoms with van der Waals surface area (Å²) in [6.45, 7) is 9.99. The van der Waals surface area contributed by atoms with Gasteiger partial charge in [-0.3, -0.25) is 14.6 Å². The van der Waals surface area contributed by atoms with E-state index in [1.165, 1.54) is 0 Å². The van der Waals surface area contributed by atoms with Gasteiger partial charge >= 0.3 is 0 Å². The topological polar surface area (TPSA) is 84.2 Å². The molecule has 3 N–H and O–H groups in total. The number of hydrogen-bond acceptors (Lipinski definition) is 6. The fourth-order valence-electron chi connectivity index (χ4n) is 12.0. The maximum absolute atomic E-state index is 15.3. The molecule has 0 amide bonds. The van der Waals surface area contributed by atoms with Crippen LogP contribution in [0.15, 0.2) is 78.4 Å². The number of Topliss-reactive ketones (excluding diaryl/α,β-unsaturated/α-hetero) is 1. The van der Waals surface area contributed by atoms with Crippen LogP contribution in [0, 0.1) is 33.5 Å². The van der Waals surface area contributed by atoms with Crippen molar-refractivity contribution in [2.24, 2.45) is 33.5 Å². The van der Waals surface area contributed by atoms with Gasteiger partial charge in [0.05, 0.1) is 18.3 Å². The van der Waals surface area contributed by atoms with Crippen molar-refractivity contribution in [3.05, 3.63) is 84.0 Å². The number of nitrogens with zero attached hydrogens (tertiary/aromatic N) is 2. The van der Waals surface area contributed by atoms with Gasteiger partial charge in [0.2, 0.25) is 0 Å². The van der Waals surface area contributed by atoms with Crippen LogP contribution >= 0.6 is 0 Å². The average Bonchev–Trinajstić information content (AvgIpc) is 3.35. The number of piperazine rings is 1. The van der Waals surface area contributed by atoms with E-state index < -0.39 is 11.0 Å². The lowest BCUT2D eigenvalue weighted by molar-refractivity contribution is -0.177. The number of fused-ring (bicyclic) bond motifs is 1. The fourth-order valence-corrected chi connectivity index (χ4v) is 12.0. The lowest BCUT2D eigenvalue weighted by atomic mass is 9.32. The van der Waals surface area contributed by atoms with Crippen LogP contribution in [0.3, 0.4) is 0 Å². The molecular formula is C41H52N2O4. The van der Waals surface area contributed by atoms with E-state index in [1.807, 2.05) is 36.4 Å². The summed E-state index contributed by atoms with van der Waals surface area (Å²) in [5.74, 6) is 0.537. The third-order valence-electron chi connectivity index (χ3n) is 14.6. The Labute approximate surface area is 280 Å². The maximum atomic E-state index is 15.3. The highest BCUT2D eigenvalue weighted by Gasteiger charge is 2.74. The third kappa shape index (κ3) is 4.44. The molecule has 4 fully saturated rings. The second-order valence-electron chi connectivity index (χ2n) is 16.4. The molecule has 1 saturated heterocycles. The number of allylic oxidation sites excluding steroid dienone is 4. The van der Waals surface area contributed by atoms with Gasteiger partial charge in [-0.15, -0.1) is 0 Å². The van der Waals surface area contributed by atoms with Gasteiger partial charge in [-0.05, 0) is 73.3 Å². The van der Waals surface area contributed by atoms with Gasteiger partial charge in [0.1, 0.15) is 0 Å². The van der Waals surface area contributed by atoms with Gasteiger partial charge in [0.25, 0.3) is 0 Å². The molecule has 0 radical (unpaired) electrons. The highest BCUT2D eigenvalue weighted by Crippen LogP contribution is 2.78. The van der Waals surface area contributed by atoms with Crippen LogP contribution < -0.4 is 0 Å². The molecule has 6 nitrogen and oxygen atoms in total. The molecule has 3 saturated carbocycles. The average molecular weight is 637 g/mol. The molecule has 8 atom stereocenters. The molecule has 9 rings (SSSR count). The van der Waals surface area contributed by atoms with E-state index in [0.29, 0.717) is 19.5 Å². The zero-order chi connectivity index (χ0) is 32.7. The van der Waals surface area contributed by atoms with Crippen LogP contribution in [0.25, 0.3) is 11.1 Å². The van der Waals surface area contributed by atoms with E-state index in [-0.39, 0.29) is 46.6 Å². The minimum atomic E-state index is -0.837. The molecule has 2 aromatic rings. The van der Waals surface area contributed by atoms with Crippen LogP contribution in [0.4, 0.5) is 0 Å². The van der Waals surface area contributed by atoms with E-state index in [0.717, 1.165) is 87.0 Å². The zero-order valence-electron chi connectivity index (χ0n) is 28.2. The Hall–Kier alpha value is -2.61. The summed E-state index contributed by atoms with van der Waals surface area (Å²) in [7, 11) is 0. The van der Waals surface area contributed by atoms with Gasteiger partial charge in [0.15, 0.2) is 5.78 Å². The highest BCUT2D eigenvalue weighted by molar-refractivity contribution is 6.14. The standard InChI is InChI=1S/C41H52N2O4/c1-37-15-12-30(45)26-39(37)18-19-41(33(27-39)36(46)32-11-7-6-10-31(32)29-8-4-3-5-9-29)34(37)13-16-38(2)35(41)14-17-40(38,47)28-43-22-20-42(21-23-43)24-25-44/h3-11,18-19,27,30,34-35,44-45,47H,12-17,20-26,28H2,1-2H3. The van der Waals surface area contributed by atoms with Crippen LogP contribution in [0.2, 0.25) is 0 Å². The number of carbonyl (C=O) groups is 1. The SMILES string of the molecule is CC12CCC(O)CC13C=CC1(C(C(=O)c4ccccc4-c4ccccc4)=C3)C2CCC2(C)C1CCC2(O)CN1CCN(CCO)CC1. The number of aliphatic hydroxyl groups is 3. The van der Waals surface area contributed by atoms with Crippen molar-refractivity contribution in [3.63, 3.8) is 0 Å². The molecule has 2 bridgehead atoms. The lowest BCUT2D eigenvalue weighted by Crippen LogP contribution is -2.67. The van der Waals surface area contributed by atoms with Crippen LogP contribution in [0.1, 0.15) is 69.2 Å². The molecule has 1 heterocycles. The Kier molecular flexibility index (Phi) is 7.55. The van der Waals surface area contributed by atoms with Crippen molar-refractivity contribution < 1.29 is 20.1 Å². The summed E-state index contributed by atoms with van der Waals surface area (Å²) < 4.78 is 0. The first-order chi connectivity index (χ1) is 22.6. The van der Waals surface area contributed by atoms with Gasteiger partial charge in [-0.25, -0.2) is 0 Å². The number of rotatable bonds is 7. The van der Waals surface area contributed by atoms with E-state index >= 15 is 4.79 Å². The molecular weight excluding hydrogens is 584 g/mol. The van der Waals surface area contributed by atoms with Crippen molar-refractivity contribution in [2.75, 3.05) is 45.9 Å². The first-order valence-corrected chi connectivity index (χ1v) is 18.2. The molecule has 6 heteroatoms. The number of carbonyl (C=O) groups excluding carboxylic acids is 1. The molecule has 7 aliphatic rings. The Morgan fingerprint density at radius 1 is 0.830 bits per heavy atom. The molecule has 0 aromatic heterocycles. The first-order valence-electron chi connectivity index (χ1n) is 18.2. The third-order valence-corrected chi connectivity index (χ3v) is 14.6. The molecule has 2 spiro atoms. The molecule has 47 heavy (non-hydrogen) atoms. The lowest BCUT2D eigenvalue weighted by Gasteiger charge is -2.71. The second-order valence-corrected chi connectivity index (χ2v) is 16.4. The largest absolute Gasteiger partial charge is 0.395 e. The molecule has 8 unspecified atom stereocenters. The van der Waals surface area contributed by atoms with Crippen molar-refractivity contribution in [1.29, 1.82) is 0 Å². The number of ketones is 1. The Bertz CT molecular complexity index is 1600. The van der Waals surface area contributed by atoms with E-state index in [2.05, 4.69) is 60.1 Å². The maximum Gasteiger partial charge on any atom is 0.190 e. The van der Waals surface area contributed by atoms with Crippen molar-refractivity contribution >= 4 is 5.78 Å². The Morgan fingerprint density at radius 3 is 2.26 bits per heavy atom. The number of aliphatic hydroxyl groups excluding tert-OH is 2. The Balaban J connectivity index is 1.22. The number of hydrogen-bond donors (Lipinski definition) is 3. The highest BCUT2D eigenvalue weighted by atomic mass is 16.3. The minimum Gasteiger partial charge on any atom is -0.395 e. The second kappa shape index (κ2) is 11.2. The smallest absolute Gasteiger partial charge is 0.190 e. The van der Waals surface area contributed by atoms with Crippen LogP contribution in [0.5, 0.6) is 0 Å². The summed E-state index contributed by atoms with van der Waals surface area (Å²) in [5.41, 5.74) is 1.64. The van der Waals surface area contributed by atoms with Gasteiger partial charge in [-0.2, -0.15) is 0 Å². The van der Waals surface area contributed by atoms with Crippen molar-refractivity contribution in [3.8, 4) is 11.1 Å². The zero-order valence-corrected chi connectivity index (χ0v) is 28.2. The molecule has 2 aromatic carbocycles. The summed E-state index contributed by atoms with van der Waals surface area (Å²) in [6.07, 6.45) is 12.8. The van der Waals surface area contributed by atoms with Gasteiger partial charge in [0, 0.05) is 66.7 Å². The first kappa shape index (κ1) is 31.6. The monoisotopic (exact) mass is 636 g/mol. The number of benzene rings is 2.